The van der Waals surface area contributed by atoms with Gasteiger partial charge in [0.1, 0.15) is 6.54 Å². The van der Waals surface area contributed by atoms with Crippen LogP contribution in [0.2, 0.25) is 0 Å². The lowest BCUT2D eigenvalue weighted by molar-refractivity contribution is -0.884. The van der Waals surface area contributed by atoms with Crippen molar-refractivity contribution in [1.82, 2.24) is 14.8 Å². The number of pyridine rings is 1. The van der Waals surface area contributed by atoms with E-state index >= 15 is 0 Å². The molecular weight excluding hydrogens is 431 g/mol. The van der Waals surface area contributed by atoms with Crippen LogP contribution in [0.4, 0.5) is 13.2 Å². The minimum absolute atomic E-state index is 0.476. The van der Waals surface area contributed by atoms with Gasteiger partial charge in [-0.2, -0.15) is 13.2 Å². The minimum atomic E-state index is -5.08. The molecule has 1 aromatic carbocycles. The van der Waals surface area contributed by atoms with Crippen LogP contribution in [-0.4, -0.2) is 57.6 Å². The van der Waals surface area contributed by atoms with Crippen molar-refractivity contribution >= 4 is 5.97 Å². The summed E-state index contributed by atoms with van der Waals surface area (Å²) < 4.78 is 35.7. The summed E-state index contributed by atoms with van der Waals surface area (Å²) in [6, 6.07) is 12.1. The number of aromatic nitrogens is 4. The van der Waals surface area contributed by atoms with E-state index in [1.165, 1.54) is 11.1 Å². The molecule has 0 radical (unpaired) electrons. The lowest BCUT2D eigenvalue weighted by atomic mass is 10.1. The highest BCUT2D eigenvalue weighted by atomic mass is 19.4. The predicted octanol–water partition coefficient (Wildman–Crippen LogP) is 1.03. The first-order valence-corrected chi connectivity index (χ1v) is 9.34. The van der Waals surface area contributed by atoms with E-state index in [1.54, 1.807) is 12.1 Å². The number of carbonyl (C=O) groups is 1. The number of carboxylic acids is 1. The van der Waals surface area contributed by atoms with E-state index in [1.807, 2.05) is 17.0 Å². The molecule has 2 aromatic heterocycles. The van der Waals surface area contributed by atoms with Crippen LogP contribution in [-0.2, 0) is 17.9 Å². The Balaban J connectivity index is 0.000000451. The zero-order valence-electron chi connectivity index (χ0n) is 17.7. The van der Waals surface area contributed by atoms with Gasteiger partial charge in [-0.25, -0.2) is 33.7 Å². The van der Waals surface area contributed by atoms with Crippen molar-refractivity contribution in [3.8, 4) is 5.69 Å². The monoisotopic (exact) mass is 455 g/mol. The van der Waals surface area contributed by atoms with Gasteiger partial charge in [-0.3, -0.25) is 0 Å². The number of rotatable bonds is 5. The van der Waals surface area contributed by atoms with Crippen molar-refractivity contribution in [3.05, 3.63) is 80.9 Å². The number of carboxylic acid groups (broad SMARTS) is 1. The van der Waals surface area contributed by atoms with E-state index in [9.17, 15) is 22.8 Å². The number of H-pyrrole nitrogens is 2. The lowest BCUT2D eigenvalue weighted by Gasteiger charge is -2.23. The van der Waals surface area contributed by atoms with Gasteiger partial charge in [-0.1, -0.05) is 24.3 Å². The van der Waals surface area contributed by atoms with Gasteiger partial charge in [-0.05, 0) is 0 Å². The fraction of sp³-hybridized carbons (Fsp3) is 0.300. The SMILES string of the molecule is C[N+](C)(C)Cc1ccc(C[n+]2ccc(-n3c(=O)[nH][nH]c3=O)cc2)cc1.O=C(O)C(F)(F)F. The van der Waals surface area contributed by atoms with Gasteiger partial charge in [0.05, 0.1) is 26.8 Å². The first kappa shape index (κ1) is 24.6. The molecule has 3 N–H and O–H groups in total. The lowest BCUT2D eigenvalue weighted by Crippen LogP contribution is -2.34. The van der Waals surface area contributed by atoms with E-state index < -0.39 is 23.5 Å². The summed E-state index contributed by atoms with van der Waals surface area (Å²) in [6.45, 7) is 1.71. The number of aliphatic carboxylic acids is 1. The number of benzene rings is 1. The molecule has 0 fully saturated rings. The molecule has 32 heavy (non-hydrogen) atoms. The van der Waals surface area contributed by atoms with Gasteiger partial charge in [0.2, 0.25) is 0 Å². The maximum absolute atomic E-state index is 11.6. The maximum Gasteiger partial charge on any atom is 0.490 e. The highest BCUT2D eigenvalue weighted by Crippen LogP contribution is 2.13. The molecule has 0 saturated heterocycles. The molecule has 2 heterocycles. The number of alkyl halides is 3. The normalized spacial score (nSPS) is 11.6. The number of quaternary nitrogens is 1. The van der Waals surface area contributed by atoms with E-state index in [2.05, 4.69) is 55.6 Å². The Labute approximate surface area is 180 Å². The van der Waals surface area contributed by atoms with Crippen LogP contribution in [0.1, 0.15) is 11.1 Å². The summed E-state index contributed by atoms with van der Waals surface area (Å²) in [6.07, 6.45) is -1.37. The molecule has 0 spiro atoms. The Morgan fingerprint density at radius 3 is 1.81 bits per heavy atom. The zero-order chi connectivity index (χ0) is 24.1. The van der Waals surface area contributed by atoms with Crippen LogP contribution >= 0.6 is 0 Å². The predicted molar refractivity (Wildman–Crippen MR) is 108 cm³/mol. The molecule has 3 aromatic rings. The Hall–Kier alpha value is -3.67. The van der Waals surface area contributed by atoms with Gasteiger partial charge < -0.3 is 9.59 Å². The van der Waals surface area contributed by atoms with Crippen molar-refractivity contribution < 1.29 is 32.1 Å². The number of halogens is 3. The Bertz CT molecular complexity index is 1130. The molecule has 9 nitrogen and oxygen atoms in total. The first-order valence-electron chi connectivity index (χ1n) is 9.34. The van der Waals surface area contributed by atoms with Gasteiger partial charge in [0, 0.05) is 23.3 Å². The molecule has 172 valence electrons. The highest BCUT2D eigenvalue weighted by molar-refractivity contribution is 5.73. The Kier molecular flexibility index (Phi) is 7.41. The van der Waals surface area contributed by atoms with Crippen molar-refractivity contribution in [1.29, 1.82) is 0 Å². The molecule has 0 bridgehead atoms. The summed E-state index contributed by atoms with van der Waals surface area (Å²) >= 11 is 0. The smallest absolute Gasteiger partial charge is 0.475 e. The second kappa shape index (κ2) is 9.64. The summed E-state index contributed by atoms with van der Waals surface area (Å²) in [7, 11) is 6.52. The van der Waals surface area contributed by atoms with Crippen LogP contribution in [0, 0.1) is 0 Å². The molecule has 0 unspecified atom stereocenters. The summed E-state index contributed by atoms with van der Waals surface area (Å²) in [5, 5.41) is 11.7. The van der Waals surface area contributed by atoms with Crippen LogP contribution in [0.15, 0.2) is 58.4 Å². The summed E-state index contributed by atoms with van der Waals surface area (Å²) in [5.74, 6) is -2.76. The molecule has 0 atom stereocenters. The van der Waals surface area contributed by atoms with E-state index in [4.69, 9.17) is 9.90 Å². The molecule has 0 amide bonds. The summed E-state index contributed by atoms with van der Waals surface area (Å²) in [5.41, 5.74) is 2.08. The van der Waals surface area contributed by atoms with Crippen molar-refractivity contribution in [3.63, 3.8) is 0 Å². The second-order valence-electron chi connectivity index (χ2n) is 7.99. The van der Waals surface area contributed by atoms with Crippen molar-refractivity contribution in [2.45, 2.75) is 19.3 Å². The average molecular weight is 455 g/mol. The zero-order valence-corrected chi connectivity index (χ0v) is 17.7. The van der Waals surface area contributed by atoms with Crippen molar-refractivity contribution in [2.75, 3.05) is 21.1 Å². The van der Waals surface area contributed by atoms with Crippen LogP contribution in [0.3, 0.4) is 0 Å². The molecule has 12 heteroatoms. The van der Waals surface area contributed by atoms with Gasteiger partial charge >= 0.3 is 23.5 Å². The third-order valence-electron chi connectivity index (χ3n) is 4.10. The highest BCUT2D eigenvalue weighted by Gasteiger charge is 2.38. The molecule has 0 aliphatic rings. The van der Waals surface area contributed by atoms with Crippen LogP contribution in [0.5, 0.6) is 0 Å². The number of aromatic amines is 2. The summed E-state index contributed by atoms with van der Waals surface area (Å²) in [4.78, 5) is 32.1. The molecular formula is C20H24F3N5O4+2. The third-order valence-corrected chi connectivity index (χ3v) is 4.10. The largest absolute Gasteiger partial charge is 0.490 e. The number of nitrogens with zero attached hydrogens (tertiary/aromatic N) is 3. The topological polar surface area (TPSA) is 112 Å². The standard InChI is InChI=1S/C18H21N5O2.C2HF3O2/c1-23(2,3)13-15-6-4-14(5-7-15)12-21-10-8-16(9-11-21)22-17(24)19-20-18(22)25;3-2(4,5)1(6)7/h4-11H,12-13H2,1-3H3;(H,6,7)/p+2. The maximum atomic E-state index is 11.6. The number of nitrogens with one attached hydrogen (secondary N) is 2. The van der Waals surface area contributed by atoms with E-state index in [0.29, 0.717) is 5.69 Å². The molecule has 0 aliphatic heterocycles. The van der Waals surface area contributed by atoms with Crippen LogP contribution < -0.4 is 15.9 Å². The third kappa shape index (κ3) is 7.23. The van der Waals surface area contributed by atoms with Crippen molar-refractivity contribution in [2.24, 2.45) is 0 Å². The Morgan fingerprint density at radius 2 is 1.41 bits per heavy atom. The quantitative estimate of drug-likeness (QED) is 0.394. The van der Waals surface area contributed by atoms with Gasteiger partial charge in [0.25, 0.3) is 0 Å². The molecule has 3 rings (SSSR count). The fourth-order valence-corrected chi connectivity index (χ4v) is 2.76. The Morgan fingerprint density at radius 1 is 0.969 bits per heavy atom. The number of hydrogen-bond acceptors (Lipinski definition) is 3. The van der Waals surface area contributed by atoms with E-state index in [-0.39, 0.29) is 0 Å². The number of hydrogen-bond donors (Lipinski definition) is 3. The average Bonchev–Trinajstić information content (AvgIpc) is 3.01. The molecule has 0 saturated carbocycles. The minimum Gasteiger partial charge on any atom is -0.475 e. The molecule has 0 aliphatic carbocycles. The van der Waals surface area contributed by atoms with Gasteiger partial charge in [-0.15, -0.1) is 0 Å². The fourth-order valence-electron chi connectivity index (χ4n) is 2.76. The second-order valence-corrected chi connectivity index (χ2v) is 7.99. The van der Waals surface area contributed by atoms with Crippen LogP contribution in [0.25, 0.3) is 5.69 Å². The van der Waals surface area contributed by atoms with E-state index in [0.717, 1.165) is 22.1 Å². The van der Waals surface area contributed by atoms with Gasteiger partial charge in [0.15, 0.2) is 18.9 Å². The first-order chi connectivity index (χ1) is 14.8.